The minimum Gasteiger partial charge on any atom is -0.298 e. The lowest BCUT2D eigenvalue weighted by atomic mass is 9.86. The Morgan fingerprint density at radius 3 is 2.28 bits per heavy atom. The molecule has 0 saturated heterocycles. The number of anilines is 1. The number of para-hydroxylation sites is 1. The van der Waals surface area contributed by atoms with Gasteiger partial charge in [-0.25, -0.2) is 13.7 Å². The van der Waals surface area contributed by atoms with Crippen molar-refractivity contribution in [3.05, 3.63) is 115 Å². The minimum absolute atomic E-state index is 0.105. The number of nitrogens with one attached hydrogen (secondary N) is 2. The Labute approximate surface area is 188 Å². The smallest absolute Gasteiger partial charge is 0.280 e. The Balaban J connectivity index is 1.52. The van der Waals surface area contributed by atoms with E-state index < -0.39 is 0 Å². The summed E-state index contributed by atoms with van der Waals surface area (Å²) in [4.78, 5) is 12.4. The zero-order valence-electron chi connectivity index (χ0n) is 18.5. The Kier molecular flexibility index (Phi) is 6.60. The number of amides is 1. The van der Waals surface area contributed by atoms with Gasteiger partial charge in [-0.2, -0.15) is 0 Å². The van der Waals surface area contributed by atoms with Gasteiger partial charge in [0.05, 0.1) is 12.7 Å². The number of benzene rings is 2. The van der Waals surface area contributed by atoms with Gasteiger partial charge in [0.15, 0.2) is 18.9 Å². The third-order valence-electron chi connectivity index (χ3n) is 5.54. The second-order valence-corrected chi connectivity index (χ2v) is 8.05. The lowest BCUT2D eigenvalue weighted by Gasteiger charge is -2.20. The highest BCUT2D eigenvalue weighted by Crippen LogP contribution is 2.30. The van der Waals surface area contributed by atoms with Crippen molar-refractivity contribution in [3.8, 4) is 0 Å². The number of carbonyl (C=O) groups is 1. The predicted molar refractivity (Wildman–Crippen MR) is 123 cm³/mol. The van der Waals surface area contributed by atoms with Crippen LogP contribution in [0, 0.1) is 0 Å². The van der Waals surface area contributed by atoms with E-state index in [1.165, 1.54) is 11.1 Å². The first kappa shape index (κ1) is 21.3. The number of rotatable bonds is 8. The molecule has 1 amide bonds. The summed E-state index contributed by atoms with van der Waals surface area (Å²) in [7, 11) is 3.95. The van der Waals surface area contributed by atoms with E-state index in [0.29, 0.717) is 0 Å². The predicted octanol–water partition coefficient (Wildman–Crippen LogP) is 2.66. The van der Waals surface area contributed by atoms with E-state index in [2.05, 4.69) is 65.7 Å². The van der Waals surface area contributed by atoms with Crippen LogP contribution in [0.5, 0.6) is 0 Å². The monoisotopic (exact) mass is 427 g/mol. The molecular formula is C26H29N5O+2. The van der Waals surface area contributed by atoms with Gasteiger partial charge in [0.2, 0.25) is 6.33 Å². The second kappa shape index (κ2) is 9.92. The average molecular weight is 428 g/mol. The number of hydrogen-bond acceptors (Lipinski definition) is 2. The zero-order chi connectivity index (χ0) is 22.3. The molecule has 1 unspecified atom stereocenters. The van der Waals surface area contributed by atoms with Gasteiger partial charge in [-0.05, 0) is 29.2 Å². The number of aromatic nitrogens is 3. The van der Waals surface area contributed by atoms with E-state index in [-0.39, 0.29) is 18.4 Å². The van der Waals surface area contributed by atoms with Crippen molar-refractivity contribution >= 4 is 11.6 Å². The molecule has 4 aromatic rings. The average Bonchev–Trinajstić information content (AvgIpc) is 3.22. The normalized spacial score (nSPS) is 11.7. The minimum atomic E-state index is -0.105. The summed E-state index contributed by atoms with van der Waals surface area (Å²) >= 11 is 0. The van der Waals surface area contributed by atoms with E-state index in [1.807, 2.05) is 70.8 Å². The van der Waals surface area contributed by atoms with Crippen LogP contribution < -0.4 is 20.0 Å². The summed E-state index contributed by atoms with van der Waals surface area (Å²) in [6, 6.07) is 23.0. The maximum atomic E-state index is 12.4. The molecule has 1 atom stereocenters. The van der Waals surface area contributed by atoms with Gasteiger partial charge in [-0.15, -0.1) is 0 Å². The lowest BCUT2D eigenvalue weighted by molar-refractivity contribution is -0.671. The fourth-order valence-electron chi connectivity index (χ4n) is 3.84. The van der Waals surface area contributed by atoms with Crippen molar-refractivity contribution in [1.82, 2.24) is 9.99 Å². The molecular weight excluding hydrogens is 398 g/mol. The van der Waals surface area contributed by atoms with Gasteiger partial charge in [-0.1, -0.05) is 48.5 Å². The molecule has 0 radical (unpaired) electrons. The van der Waals surface area contributed by atoms with Gasteiger partial charge in [0.25, 0.3) is 5.91 Å². The van der Waals surface area contributed by atoms with Gasteiger partial charge >= 0.3 is 0 Å². The fraction of sp³-hybridized carbons (Fsp3) is 0.192. The summed E-state index contributed by atoms with van der Waals surface area (Å²) in [5.74, 6) is 0.0992. The van der Waals surface area contributed by atoms with Crippen molar-refractivity contribution < 1.29 is 13.9 Å². The standard InChI is InChI=1S/C26H28N5O/c1-29-14-12-22(13-15-29)24(21-8-4-3-5-9-21)18-23-10-6-7-11-25(23)27-28-26(32)19-31-17-16-30(2)20-31/h3-17,20,24,27H,18-19H2,1-2H3/q+1/p+1. The molecule has 32 heavy (non-hydrogen) atoms. The highest BCUT2D eigenvalue weighted by Gasteiger charge is 2.18. The van der Waals surface area contributed by atoms with E-state index in [9.17, 15) is 4.79 Å². The van der Waals surface area contributed by atoms with Crippen LogP contribution in [-0.4, -0.2) is 10.5 Å². The fourth-order valence-corrected chi connectivity index (χ4v) is 3.84. The highest BCUT2D eigenvalue weighted by atomic mass is 16.2. The molecule has 2 aromatic heterocycles. The highest BCUT2D eigenvalue weighted by molar-refractivity contribution is 5.77. The van der Waals surface area contributed by atoms with Crippen molar-refractivity contribution in [2.75, 3.05) is 5.43 Å². The summed E-state index contributed by atoms with van der Waals surface area (Å²) in [6.45, 7) is 0.254. The Morgan fingerprint density at radius 2 is 1.56 bits per heavy atom. The van der Waals surface area contributed by atoms with Crippen LogP contribution in [-0.2, 0) is 31.9 Å². The molecule has 2 heterocycles. The molecule has 0 saturated carbocycles. The summed E-state index contributed by atoms with van der Waals surface area (Å²) in [6.07, 6.45) is 10.6. The summed E-state index contributed by atoms with van der Waals surface area (Å²) in [5.41, 5.74) is 10.5. The number of nitrogens with zero attached hydrogens (tertiary/aromatic N) is 3. The van der Waals surface area contributed by atoms with Crippen LogP contribution in [0.4, 0.5) is 5.69 Å². The summed E-state index contributed by atoms with van der Waals surface area (Å²) < 4.78 is 5.79. The molecule has 0 spiro atoms. The number of pyridine rings is 1. The topological polar surface area (TPSA) is 53.8 Å². The zero-order valence-corrected chi connectivity index (χ0v) is 18.5. The summed E-state index contributed by atoms with van der Waals surface area (Å²) in [5, 5.41) is 0. The molecule has 0 fully saturated rings. The maximum absolute atomic E-state index is 12.4. The van der Waals surface area contributed by atoms with Crippen molar-refractivity contribution in [2.24, 2.45) is 14.1 Å². The van der Waals surface area contributed by atoms with Crippen LogP contribution in [0.3, 0.4) is 0 Å². The Morgan fingerprint density at radius 1 is 0.875 bits per heavy atom. The van der Waals surface area contributed by atoms with E-state index in [1.54, 1.807) is 0 Å². The first-order valence-corrected chi connectivity index (χ1v) is 10.7. The first-order chi connectivity index (χ1) is 15.6. The van der Waals surface area contributed by atoms with Crippen LogP contribution in [0.15, 0.2) is 97.8 Å². The molecule has 6 nitrogen and oxygen atoms in total. The third kappa shape index (κ3) is 5.40. The SMILES string of the molecule is C[n+]1ccc(C(Cc2ccccc2NNC(=O)Cn2cc[n+](C)c2)c2ccccc2)cc1. The van der Waals surface area contributed by atoms with E-state index >= 15 is 0 Å². The molecule has 2 aromatic carbocycles. The van der Waals surface area contributed by atoms with E-state index in [4.69, 9.17) is 0 Å². The van der Waals surface area contributed by atoms with Crippen LogP contribution in [0.2, 0.25) is 0 Å². The van der Waals surface area contributed by atoms with Crippen molar-refractivity contribution in [1.29, 1.82) is 0 Å². The third-order valence-corrected chi connectivity index (χ3v) is 5.54. The molecule has 6 heteroatoms. The molecule has 0 aliphatic heterocycles. The number of hydrogen-bond donors (Lipinski definition) is 2. The maximum Gasteiger partial charge on any atom is 0.280 e. The largest absolute Gasteiger partial charge is 0.298 e. The number of hydrazine groups is 1. The van der Waals surface area contributed by atoms with E-state index in [0.717, 1.165) is 17.7 Å². The Bertz CT molecular complexity index is 1170. The van der Waals surface area contributed by atoms with Gasteiger partial charge in [0.1, 0.15) is 19.4 Å². The van der Waals surface area contributed by atoms with Crippen LogP contribution >= 0.6 is 0 Å². The molecule has 0 bridgehead atoms. The molecule has 0 aliphatic rings. The lowest BCUT2D eigenvalue weighted by Crippen LogP contribution is -2.33. The van der Waals surface area contributed by atoms with Crippen molar-refractivity contribution in [2.45, 2.75) is 18.9 Å². The molecule has 4 rings (SSSR count). The first-order valence-electron chi connectivity index (χ1n) is 10.7. The second-order valence-electron chi connectivity index (χ2n) is 8.05. The number of imidazole rings is 1. The number of aryl methyl sites for hydroxylation is 2. The molecule has 162 valence electrons. The van der Waals surface area contributed by atoms with Gasteiger partial charge < -0.3 is 0 Å². The van der Waals surface area contributed by atoms with Gasteiger partial charge in [-0.3, -0.25) is 15.6 Å². The van der Waals surface area contributed by atoms with Crippen molar-refractivity contribution in [3.63, 3.8) is 0 Å². The van der Waals surface area contributed by atoms with Gasteiger partial charge in [0, 0.05) is 18.1 Å². The Hall–Kier alpha value is -3.93. The quantitative estimate of drug-likeness (QED) is 0.336. The van der Waals surface area contributed by atoms with Crippen LogP contribution in [0.1, 0.15) is 22.6 Å². The molecule has 0 aliphatic carbocycles. The number of carbonyl (C=O) groups excluding carboxylic acids is 1. The molecule has 2 N–H and O–H groups in total. The van der Waals surface area contributed by atoms with Crippen LogP contribution in [0.25, 0.3) is 0 Å².